The summed E-state index contributed by atoms with van der Waals surface area (Å²) in [6, 6.07) is 0. The van der Waals surface area contributed by atoms with Gasteiger partial charge >= 0.3 is 57.0 Å². The first-order chi connectivity index (χ1) is 59.0. The fourth-order valence-electron chi connectivity index (χ4n) is 11.2. The molecule has 0 radical (unpaired) electrons. The van der Waals surface area contributed by atoms with E-state index in [0.717, 1.165) is 32.1 Å². The van der Waals surface area contributed by atoms with Crippen LogP contribution in [-0.2, 0) is 139 Å². The van der Waals surface area contributed by atoms with Crippen molar-refractivity contribution < 1.29 is 248 Å². The summed E-state index contributed by atoms with van der Waals surface area (Å²) < 4.78 is 227. The molecule has 54 heteroatoms. The van der Waals surface area contributed by atoms with Crippen LogP contribution in [0.3, 0.4) is 0 Å². The van der Waals surface area contributed by atoms with E-state index in [0.29, 0.717) is 12.8 Å². The molecule has 0 aromatic rings. The van der Waals surface area contributed by atoms with Crippen molar-refractivity contribution in [1.29, 1.82) is 0 Å². The summed E-state index contributed by atoms with van der Waals surface area (Å²) in [6.07, 6.45) is -14.3. The third kappa shape index (κ3) is 59.8. The number of hydrogen-bond acceptors (Lipinski definition) is 36. The van der Waals surface area contributed by atoms with Crippen molar-refractivity contribution >= 4 is 68.2 Å². The van der Waals surface area contributed by atoms with Gasteiger partial charge in [-0.2, -0.15) is 47.6 Å². The molecule has 28 atom stereocenters. The van der Waals surface area contributed by atoms with E-state index < -0.39 is 173 Å². The number of carbonyl (C=O) groups excluding carboxylic acids is 2. The maximum Gasteiger partial charge on any atom is 1.00 e. The Labute approximate surface area is 826 Å². The number of ketones is 1. The number of hydrogen-bond donors (Lipinski definition) is 18. The van der Waals surface area contributed by atoms with Gasteiger partial charge < -0.3 is 150 Å². The predicted molar refractivity (Wildman–Crippen MR) is 489 cm³/mol. The number of nitrogens with zero attached hydrogens (tertiary/aromatic N) is 1. The molecule has 18 N–H and O–H groups in total. The van der Waals surface area contributed by atoms with Crippen LogP contribution < -0.4 is 28.9 Å². The second kappa shape index (κ2) is 79.9. The van der Waals surface area contributed by atoms with Gasteiger partial charge in [-0.1, -0.05) is 77.2 Å². The molecule has 0 aromatic heterocycles. The molecule has 41 nitrogen and oxygen atoms in total. The molecule has 7 heterocycles. The van der Waals surface area contributed by atoms with Gasteiger partial charge in [0.15, 0.2) is 43.5 Å². The number of aliphatic hydroxyl groups is 14. The molecule has 7 aliphatic heterocycles. The Balaban J connectivity index is -0.000000110. The summed E-state index contributed by atoms with van der Waals surface area (Å²) >= 11 is 0. The number of halogens is 6. The topological polar surface area (TPSA) is 626 Å². The molecule has 7 rings (SSSR count). The Bertz CT molecular complexity index is 3060. The molecule has 0 spiro atoms. The van der Waals surface area contributed by atoms with Crippen molar-refractivity contribution in [2.45, 2.75) is 368 Å². The van der Waals surface area contributed by atoms with Gasteiger partial charge in [-0.05, 0) is 135 Å². The monoisotopic (exact) mass is 2110 g/mol. The van der Waals surface area contributed by atoms with E-state index in [9.17, 15) is 63.0 Å². The standard InChI is InChI=1S/C13H27NO3S.C12H23NO3S.C11H18F3NO3.C8H14O3.C7H14O4.C6H12O5.C5H10O5.C4H9F3O3SSi.4C2H6O.C2H4.CH4O.2CH4.CH3.Li.H2O4S.Ti/c1-8-10-9(2)13(6,11(16-7)17-10)14-18(15)12(3,4)5;1-7-9-8(2)10(11(15-6)16-9)13-17(14)12(3,4)5;1-5-7-6(2)10(3,9(17-4)18-7)15-8(16)11(12,13)14;1-4-6-5(2)7(9)8(10-3)11-6;1-3-4-5(8)6(9)7(10-2)11-4;1-10-6-5(9)4(8)3(2-7)11-6;6-1-2-3(7)4(8)5(9)10-2;1-12(2,3)10-11(8,9)4(5,6)7;4*1-2-3;2*1-2;;;;;1-5(2,3)4;/h9-11,14H,8H2,1-7H3;8-9,11H,7H2,1-6H3;6-7,9H,5H2,1-4H3,(H,15,16);5-6,8H,4H2,1-3H3;4-9H,3H2,1-2H3;3-9H,2H2,1H3;2-9H,1H2;1-3H3;4*3H,2H2,1H3;1-2H2;2H,1H3;2*1H4;1H3;;(H2,1,2,3,4);/q;;;;;;;;;;;;;;;;-1;+1;;/t9-,10-,11+,13-,18?;8-,9-,11+,17?;6-,7-,9+,10-;5-,6-,8+;4-,5-,6-,7+;3-,4-,5-,6+;2-,3-,4-,5?;;;;;;;;;;;;;/m1111111............./s1. The van der Waals surface area contributed by atoms with Crippen molar-refractivity contribution in [2.75, 3.05) is 89.4 Å². The zero-order valence-corrected chi connectivity index (χ0v) is 88.9. The summed E-state index contributed by atoms with van der Waals surface area (Å²) in [4.78, 5) is 22.3. The molecule has 1 amide bonds. The van der Waals surface area contributed by atoms with Gasteiger partial charge in [0.25, 0.3) is 0 Å². The summed E-state index contributed by atoms with van der Waals surface area (Å²) in [5, 5.41) is 120. The Morgan fingerprint density at radius 3 is 1.03 bits per heavy atom. The summed E-state index contributed by atoms with van der Waals surface area (Å²) in [6.45, 7) is 49.9. The smallest absolute Gasteiger partial charge is 0.400 e. The average molecular weight is 2110 g/mol. The zero-order valence-electron chi connectivity index (χ0n) is 83.0. The Morgan fingerprint density at radius 1 is 0.500 bits per heavy atom. The van der Waals surface area contributed by atoms with Crippen LogP contribution in [0.1, 0.15) is 192 Å². The largest absolute Gasteiger partial charge is 1.00 e. The average Bonchev–Trinajstić information content (AvgIpc) is 1.62. The van der Waals surface area contributed by atoms with E-state index in [-0.39, 0.29) is 172 Å². The molecule has 0 aromatic carbocycles. The fourth-order valence-corrected chi connectivity index (χ4v) is 15.9. The van der Waals surface area contributed by atoms with E-state index in [1.807, 2.05) is 88.4 Å². The SMILES string of the molecule is C.C.C=C.CCO.CCO.CCO.CCO.CC[C@H]1O[C@H](OC)C(=NS(=O)C(C)(C)C)[C@@H]1C.CC[C@H]1O[C@H](OC)C(=O)[C@@H]1C.CC[C@H]1O[C@H](OC)[C@H](O)[C@@H]1O.CC[C@H]1O[C@H](OC)[C@](C)(NC(=O)C(F)(F)F)[C@@H]1C.CC[C@H]1O[C@H](OC)[C@](C)(NS(=O)C(C)(C)C)[C@@H]1C.CO.CO[C@H]1O[C@H](CO)[C@@H](O)[C@H]1O.C[Si](C)(C)OS(=O)(=O)C(F)(F)F.O=S(=O)(O)O.OC[C@H]1OC(O)[C@H](O)[C@@H]1O.[CH3-].[Li+].[Ti]. The van der Waals surface area contributed by atoms with Crippen LogP contribution >= 0.6 is 0 Å². The van der Waals surface area contributed by atoms with E-state index in [1.54, 1.807) is 48.8 Å². The molecular formula is C80H172F6LiN3O38S4SiTi. The number of Topliss-reactive ketones (excluding diaryl/α,β-unsaturated/α-hetero) is 1. The van der Waals surface area contributed by atoms with Crippen LogP contribution in [0.4, 0.5) is 26.3 Å². The van der Waals surface area contributed by atoms with E-state index in [4.69, 9.17) is 131 Å². The first-order valence-corrected chi connectivity index (χ1v) is 49.5. The minimum absolute atomic E-state index is 0. The normalized spacial score (nSPS) is 30.9. The molecule has 134 heavy (non-hydrogen) atoms. The number of methoxy groups -OCH3 is 6. The second-order valence-electron chi connectivity index (χ2n) is 31.2. The molecule has 7 aliphatic rings. The van der Waals surface area contributed by atoms with Crippen LogP contribution in [0.5, 0.6) is 0 Å². The number of alkyl halides is 6. The van der Waals surface area contributed by atoms with Crippen LogP contribution in [0.25, 0.3) is 0 Å². The van der Waals surface area contributed by atoms with E-state index in [1.165, 1.54) is 55.0 Å². The molecule has 7 fully saturated rings. The third-order valence-corrected chi connectivity index (χ3v) is 24.8. The minimum Gasteiger partial charge on any atom is -0.400 e. The van der Waals surface area contributed by atoms with Gasteiger partial charge in [-0.25, -0.2) is 13.1 Å². The fraction of sp³-hybridized carbons (Fsp3) is 0.925. The van der Waals surface area contributed by atoms with Crippen LogP contribution in [-0.4, -0.2) is 377 Å². The number of ether oxygens (including phenoxy) is 13. The number of rotatable bonds is 19. The predicted octanol–water partition coefficient (Wildman–Crippen LogP) is 2.48. The molecule has 7 saturated heterocycles. The second-order valence-corrected chi connectivity index (χ2v) is 42.2. The van der Waals surface area contributed by atoms with Crippen molar-refractivity contribution in [3.05, 3.63) is 20.6 Å². The number of amides is 1. The van der Waals surface area contributed by atoms with Crippen LogP contribution in [0, 0.1) is 31.1 Å². The van der Waals surface area contributed by atoms with Gasteiger partial charge in [0, 0.05) is 122 Å². The Morgan fingerprint density at radius 2 is 0.806 bits per heavy atom. The molecule has 0 bridgehead atoms. The Kier molecular flexibility index (Phi) is 95.8. The minimum atomic E-state index is -5.39. The first kappa shape index (κ1) is 161. The van der Waals surface area contributed by atoms with Crippen molar-refractivity contribution in [3.63, 3.8) is 0 Å². The summed E-state index contributed by atoms with van der Waals surface area (Å²) in [5.41, 5.74) is -6.16. The van der Waals surface area contributed by atoms with Gasteiger partial charge in [0.05, 0.1) is 81.0 Å². The third-order valence-electron chi connectivity index (χ3n) is 18.2. The van der Waals surface area contributed by atoms with E-state index >= 15 is 0 Å². The van der Waals surface area contributed by atoms with Crippen molar-refractivity contribution in [3.8, 4) is 0 Å². The van der Waals surface area contributed by atoms with Gasteiger partial charge in [-0.15, -0.1) is 13.2 Å². The molecule has 3 unspecified atom stereocenters. The number of aliphatic hydroxyl groups excluding tert-OH is 14. The summed E-state index contributed by atoms with van der Waals surface area (Å²) in [5.74, 6) is -1.78. The maximum absolute atomic E-state index is 12.3. The quantitative estimate of drug-likeness (QED) is 0.0220. The van der Waals surface area contributed by atoms with Crippen LogP contribution in [0.15, 0.2) is 17.6 Å². The number of nitrogens with one attached hydrogen (secondary N) is 2. The molecular weight excluding hydrogens is 1940 g/mol. The van der Waals surface area contributed by atoms with Crippen LogP contribution in [0.2, 0.25) is 19.6 Å². The zero-order chi connectivity index (χ0) is 104. The van der Waals surface area contributed by atoms with Crippen molar-refractivity contribution in [1.82, 2.24) is 10.0 Å². The molecule has 810 valence electrons. The molecule has 0 aliphatic carbocycles. The Hall–Kier alpha value is -1.38. The van der Waals surface area contributed by atoms with Gasteiger partial charge in [0.1, 0.15) is 59.8 Å². The number of carbonyl (C=O) groups is 2. The van der Waals surface area contributed by atoms with Gasteiger partial charge in [0.2, 0.25) is 14.6 Å². The summed E-state index contributed by atoms with van der Waals surface area (Å²) in [7, 11) is -5.31. The van der Waals surface area contributed by atoms with Gasteiger partial charge in [-0.3, -0.25) is 18.7 Å². The first-order valence-electron chi connectivity index (χ1n) is 41.0. The molecule has 0 saturated carbocycles. The van der Waals surface area contributed by atoms with E-state index in [2.05, 4.69) is 56.4 Å². The maximum atomic E-state index is 12.3. The van der Waals surface area contributed by atoms with Crippen molar-refractivity contribution in [2.24, 2.45) is 28.1 Å².